The summed E-state index contributed by atoms with van der Waals surface area (Å²) in [5.74, 6) is 1.06. The van der Waals surface area contributed by atoms with Crippen LogP contribution in [0.4, 0.5) is 0 Å². The molecule has 0 atom stereocenters. The van der Waals surface area contributed by atoms with Gasteiger partial charge in [-0.1, -0.05) is 57.1 Å². The highest BCUT2D eigenvalue weighted by atomic mass is 32.2. The molecule has 0 spiro atoms. The highest BCUT2D eigenvalue weighted by Crippen LogP contribution is 2.32. The Kier molecular flexibility index (Phi) is 11.8. The Hall–Kier alpha value is -0.910. The molecule has 28 heavy (non-hydrogen) atoms. The lowest BCUT2D eigenvalue weighted by molar-refractivity contribution is 0.143. The van der Waals surface area contributed by atoms with Gasteiger partial charge in [0.15, 0.2) is 5.58 Å². The van der Waals surface area contributed by atoms with E-state index >= 15 is 0 Å². The maximum atomic E-state index is 11.9. The van der Waals surface area contributed by atoms with Crippen LogP contribution in [0.25, 0.3) is 11.0 Å². The molecule has 0 saturated heterocycles. The van der Waals surface area contributed by atoms with Crippen LogP contribution in [0, 0.1) is 0 Å². The van der Waals surface area contributed by atoms with Gasteiger partial charge in [-0.2, -0.15) is 0 Å². The maximum Gasteiger partial charge on any atom is 0.337 e. The van der Waals surface area contributed by atoms with Crippen LogP contribution in [0.15, 0.2) is 43.3 Å². The molecule has 0 aliphatic rings. The molecule has 0 radical (unpaired) electrons. The second-order valence-corrected chi connectivity index (χ2v) is 8.98. The van der Waals surface area contributed by atoms with Crippen LogP contribution in [0.3, 0.4) is 0 Å². The molecule has 1 heterocycles. The molecule has 0 fully saturated rings. The van der Waals surface area contributed by atoms with Gasteiger partial charge in [0.05, 0.1) is 4.90 Å². The second kappa shape index (κ2) is 14.1. The summed E-state index contributed by atoms with van der Waals surface area (Å²) in [5, 5.41) is 1.06. The average Bonchev–Trinajstić information content (AvgIpc) is 2.70. The highest BCUT2D eigenvalue weighted by molar-refractivity contribution is 7.99. The van der Waals surface area contributed by atoms with Crippen molar-refractivity contribution in [3.8, 4) is 0 Å². The van der Waals surface area contributed by atoms with Crippen LogP contribution >= 0.6 is 23.5 Å². The quantitative estimate of drug-likeness (QED) is 0.173. The molecule has 3 nitrogen and oxygen atoms in total. The minimum absolute atomic E-state index is 0.252. The first-order chi connectivity index (χ1) is 13.8. The minimum Gasteiger partial charge on any atom is -0.421 e. The molecular weight excluding hydrogens is 388 g/mol. The molecule has 5 heteroatoms. The molecule has 0 aliphatic carbocycles. The van der Waals surface area contributed by atoms with Crippen molar-refractivity contribution in [2.45, 2.75) is 74.5 Å². The summed E-state index contributed by atoms with van der Waals surface area (Å²) in [6.07, 6.45) is 13.7. The first-order valence-corrected chi connectivity index (χ1v) is 12.8. The largest absolute Gasteiger partial charge is 0.421 e. The second-order valence-electron chi connectivity index (χ2n) is 6.99. The lowest BCUT2D eigenvalue weighted by Gasteiger charge is -2.07. The predicted octanol–water partition coefficient (Wildman–Crippen LogP) is 7.15. The fourth-order valence-electron chi connectivity index (χ4n) is 3.28. The van der Waals surface area contributed by atoms with Crippen molar-refractivity contribution in [3.63, 3.8) is 0 Å². The van der Waals surface area contributed by atoms with Gasteiger partial charge >= 0.3 is 5.63 Å². The molecular formula is C23H34O3S2. The van der Waals surface area contributed by atoms with Crippen LogP contribution < -0.4 is 5.63 Å². The van der Waals surface area contributed by atoms with Gasteiger partial charge in [0.25, 0.3) is 0 Å². The molecule has 0 unspecified atom stereocenters. The number of thioether (sulfide) groups is 2. The number of rotatable bonds is 15. The summed E-state index contributed by atoms with van der Waals surface area (Å²) in [5.41, 5.74) is 0.476. The molecule has 1 aromatic heterocycles. The number of unbranched alkanes of at least 4 members (excludes halogenated alkanes) is 8. The Labute approximate surface area is 178 Å². The highest BCUT2D eigenvalue weighted by Gasteiger charge is 2.09. The predicted molar refractivity (Wildman–Crippen MR) is 123 cm³/mol. The molecule has 0 aliphatic heterocycles. The zero-order chi connectivity index (χ0) is 20.0. The molecule has 0 bridgehead atoms. The molecule has 0 N–H and O–H groups in total. The van der Waals surface area contributed by atoms with E-state index in [0.29, 0.717) is 0 Å². The zero-order valence-corrected chi connectivity index (χ0v) is 19.0. The summed E-state index contributed by atoms with van der Waals surface area (Å²) < 4.78 is 10.8. The van der Waals surface area contributed by atoms with Crippen LogP contribution in [-0.4, -0.2) is 25.2 Å². The summed E-state index contributed by atoms with van der Waals surface area (Å²) in [4.78, 5) is 14.0. The molecule has 2 rings (SSSR count). The van der Waals surface area contributed by atoms with Gasteiger partial charge in [0.1, 0.15) is 0 Å². The lowest BCUT2D eigenvalue weighted by Crippen LogP contribution is -1.98. The maximum absolute atomic E-state index is 11.9. The average molecular weight is 423 g/mol. The number of fused-ring (bicyclic) bond motifs is 1. The Bertz CT molecular complexity index is 742. The third-order valence-electron chi connectivity index (χ3n) is 4.81. The smallest absolute Gasteiger partial charge is 0.337 e. The zero-order valence-electron chi connectivity index (χ0n) is 17.3. The Morgan fingerprint density at radius 2 is 1.61 bits per heavy atom. The monoisotopic (exact) mass is 422 g/mol. The van der Waals surface area contributed by atoms with Gasteiger partial charge in [-0.05, 0) is 37.8 Å². The Morgan fingerprint density at radius 1 is 0.929 bits per heavy atom. The van der Waals surface area contributed by atoms with Crippen molar-refractivity contribution < 1.29 is 9.15 Å². The van der Waals surface area contributed by atoms with E-state index in [9.17, 15) is 4.79 Å². The SMILES string of the molecule is CCOCCCCCCCCCCCSc1cc(=O)oc2c(SC)cccc12. The van der Waals surface area contributed by atoms with E-state index in [-0.39, 0.29) is 5.63 Å². The Balaban J connectivity index is 1.61. The summed E-state index contributed by atoms with van der Waals surface area (Å²) in [7, 11) is 0. The van der Waals surface area contributed by atoms with Crippen molar-refractivity contribution in [1.82, 2.24) is 0 Å². The topological polar surface area (TPSA) is 39.4 Å². The number of benzene rings is 1. The van der Waals surface area contributed by atoms with Crippen LogP contribution in [0.1, 0.15) is 64.7 Å². The Morgan fingerprint density at radius 3 is 2.29 bits per heavy atom. The van der Waals surface area contributed by atoms with E-state index in [2.05, 4.69) is 13.0 Å². The van der Waals surface area contributed by atoms with Crippen molar-refractivity contribution >= 4 is 34.5 Å². The first kappa shape index (κ1) is 23.4. The number of para-hydroxylation sites is 1. The van der Waals surface area contributed by atoms with Crippen molar-refractivity contribution in [2.75, 3.05) is 25.2 Å². The minimum atomic E-state index is -0.252. The number of hydrogen-bond donors (Lipinski definition) is 0. The summed E-state index contributed by atoms with van der Waals surface area (Å²) >= 11 is 3.40. The fraction of sp³-hybridized carbons (Fsp3) is 0.609. The molecule has 0 amide bonds. The van der Waals surface area contributed by atoms with Crippen molar-refractivity contribution in [3.05, 3.63) is 34.7 Å². The molecule has 156 valence electrons. The molecule has 2 aromatic rings. The van der Waals surface area contributed by atoms with E-state index in [0.717, 1.165) is 39.7 Å². The molecule has 0 saturated carbocycles. The van der Waals surface area contributed by atoms with Crippen LogP contribution in [0.2, 0.25) is 0 Å². The van der Waals surface area contributed by atoms with Gasteiger partial charge in [-0.25, -0.2) is 4.79 Å². The van der Waals surface area contributed by atoms with E-state index < -0.39 is 0 Å². The van der Waals surface area contributed by atoms with Gasteiger partial charge in [0, 0.05) is 29.6 Å². The van der Waals surface area contributed by atoms with E-state index in [1.807, 2.05) is 18.4 Å². The van der Waals surface area contributed by atoms with E-state index in [4.69, 9.17) is 9.15 Å². The molecule has 1 aromatic carbocycles. The van der Waals surface area contributed by atoms with E-state index in [1.54, 1.807) is 29.6 Å². The van der Waals surface area contributed by atoms with Crippen molar-refractivity contribution in [1.29, 1.82) is 0 Å². The lowest BCUT2D eigenvalue weighted by atomic mass is 10.1. The standard InChI is InChI=1S/C23H34O3S2/c1-3-25-16-11-9-7-5-4-6-8-10-12-17-28-21-18-22(24)26-23-19(21)14-13-15-20(23)27-2/h13-15,18H,3-12,16-17H2,1-2H3. The normalized spacial score (nSPS) is 11.4. The van der Waals surface area contributed by atoms with Crippen LogP contribution in [0.5, 0.6) is 0 Å². The van der Waals surface area contributed by atoms with Gasteiger partial charge in [0.2, 0.25) is 0 Å². The third kappa shape index (κ3) is 8.22. The number of hydrogen-bond acceptors (Lipinski definition) is 5. The number of ether oxygens (including phenoxy) is 1. The fourth-order valence-corrected chi connectivity index (χ4v) is 4.90. The summed E-state index contributed by atoms with van der Waals surface area (Å²) in [6, 6.07) is 7.73. The van der Waals surface area contributed by atoms with Gasteiger partial charge in [-0.3, -0.25) is 0 Å². The summed E-state index contributed by atoms with van der Waals surface area (Å²) in [6.45, 7) is 3.81. The van der Waals surface area contributed by atoms with Gasteiger partial charge in [-0.15, -0.1) is 23.5 Å². The van der Waals surface area contributed by atoms with Gasteiger partial charge < -0.3 is 9.15 Å². The third-order valence-corrected chi connectivity index (χ3v) is 6.71. The first-order valence-electron chi connectivity index (χ1n) is 10.6. The van der Waals surface area contributed by atoms with Crippen LogP contribution in [-0.2, 0) is 4.74 Å². The van der Waals surface area contributed by atoms with E-state index in [1.165, 1.54) is 57.8 Å². The van der Waals surface area contributed by atoms with Crippen molar-refractivity contribution in [2.24, 2.45) is 0 Å².